The summed E-state index contributed by atoms with van der Waals surface area (Å²) in [6.07, 6.45) is 2.37. The number of amides is 2. The Kier molecular flexibility index (Phi) is 8.46. The number of halogens is 2. The van der Waals surface area contributed by atoms with Crippen molar-refractivity contribution in [2.45, 2.75) is 78.0 Å². The normalized spacial score (nSPS) is 19.9. The van der Waals surface area contributed by atoms with E-state index in [0.29, 0.717) is 36.7 Å². The van der Waals surface area contributed by atoms with Gasteiger partial charge in [0.25, 0.3) is 6.43 Å². The Balaban J connectivity index is 0.00000158. The fourth-order valence-corrected chi connectivity index (χ4v) is 4.69. The number of hydrogen-bond acceptors (Lipinski definition) is 5. The number of aryl methyl sites for hydroxylation is 1. The summed E-state index contributed by atoms with van der Waals surface area (Å²) in [6, 6.07) is 1.41. The van der Waals surface area contributed by atoms with E-state index in [-0.39, 0.29) is 23.7 Å². The van der Waals surface area contributed by atoms with Crippen LogP contribution in [-0.2, 0) is 13.0 Å². The number of hydrogen-bond donors (Lipinski definition) is 2. The van der Waals surface area contributed by atoms with Crippen LogP contribution in [0.25, 0.3) is 0 Å². The highest BCUT2D eigenvalue weighted by molar-refractivity contribution is 5.75. The number of aromatic nitrogens is 3. The van der Waals surface area contributed by atoms with Crippen molar-refractivity contribution in [3.63, 3.8) is 0 Å². The van der Waals surface area contributed by atoms with E-state index in [0.717, 1.165) is 36.9 Å². The van der Waals surface area contributed by atoms with Crippen LogP contribution in [0.5, 0.6) is 0 Å². The predicted molar refractivity (Wildman–Crippen MR) is 128 cm³/mol. The summed E-state index contributed by atoms with van der Waals surface area (Å²) < 4.78 is 29.0. The van der Waals surface area contributed by atoms with Gasteiger partial charge in [-0.2, -0.15) is 5.10 Å². The highest BCUT2D eigenvalue weighted by Crippen LogP contribution is 2.37. The molecule has 0 aromatic carbocycles. The van der Waals surface area contributed by atoms with Crippen molar-refractivity contribution >= 4 is 17.7 Å². The predicted octanol–water partition coefficient (Wildman–Crippen LogP) is 4.49. The fourth-order valence-electron chi connectivity index (χ4n) is 4.69. The topological polar surface area (TPSA) is 86.5 Å². The Morgan fingerprint density at radius 1 is 1.26 bits per heavy atom. The summed E-state index contributed by atoms with van der Waals surface area (Å²) in [5.74, 6) is 1.01. The first-order valence-corrected chi connectivity index (χ1v) is 12.0. The molecule has 2 aromatic heterocycles. The van der Waals surface area contributed by atoms with E-state index in [1.54, 1.807) is 30.8 Å². The molecule has 10 heteroatoms. The van der Waals surface area contributed by atoms with Crippen molar-refractivity contribution < 1.29 is 18.7 Å². The first kappa shape index (κ1) is 25.9. The van der Waals surface area contributed by atoms with E-state index < -0.39 is 6.43 Å². The largest absolute Gasteiger partial charge is 0.393 e. The molecule has 1 aliphatic carbocycles. The molecule has 2 aliphatic rings. The molecule has 2 amide bonds. The van der Waals surface area contributed by atoms with Gasteiger partial charge in [-0.05, 0) is 44.2 Å². The number of carbonyl (C=O) groups is 1. The van der Waals surface area contributed by atoms with Gasteiger partial charge in [0.2, 0.25) is 0 Å². The number of aliphatic hydroxyl groups excluding tert-OH is 1. The summed E-state index contributed by atoms with van der Waals surface area (Å²) in [5, 5.41) is 17.5. The van der Waals surface area contributed by atoms with Gasteiger partial charge >= 0.3 is 6.03 Å². The maximum atomic E-state index is 13.5. The monoisotopic (exact) mass is 478 g/mol. The van der Waals surface area contributed by atoms with Crippen molar-refractivity contribution in [1.29, 1.82) is 0 Å². The lowest BCUT2D eigenvalue weighted by Gasteiger charge is -2.30. The zero-order valence-electron chi connectivity index (χ0n) is 20.7. The smallest absolute Gasteiger partial charge is 0.317 e. The Labute approximate surface area is 200 Å². The third-order valence-electron chi connectivity index (χ3n) is 6.60. The van der Waals surface area contributed by atoms with Crippen molar-refractivity contribution in [3.8, 4) is 0 Å². The van der Waals surface area contributed by atoms with Gasteiger partial charge in [-0.15, -0.1) is 0 Å². The minimum absolute atomic E-state index is 0.0524. The molecule has 0 unspecified atom stereocenters. The van der Waals surface area contributed by atoms with Gasteiger partial charge in [0.15, 0.2) is 5.82 Å². The number of fused-ring (bicyclic) bond motifs is 1. The second kappa shape index (κ2) is 11.1. The van der Waals surface area contributed by atoms with Gasteiger partial charge < -0.3 is 20.2 Å². The molecule has 1 saturated carbocycles. The minimum Gasteiger partial charge on any atom is -0.393 e. The zero-order valence-corrected chi connectivity index (χ0v) is 20.7. The third-order valence-corrected chi connectivity index (χ3v) is 6.60. The second-order valence-corrected chi connectivity index (χ2v) is 8.64. The first-order chi connectivity index (χ1) is 16.3. The van der Waals surface area contributed by atoms with Crippen molar-refractivity contribution in [2.75, 3.05) is 25.5 Å². The third kappa shape index (κ3) is 5.16. The van der Waals surface area contributed by atoms with E-state index in [4.69, 9.17) is 5.10 Å². The number of pyridine rings is 1. The molecule has 2 N–H and O–H groups in total. The zero-order chi connectivity index (χ0) is 25.0. The van der Waals surface area contributed by atoms with Crippen molar-refractivity contribution in [3.05, 3.63) is 34.6 Å². The van der Waals surface area contributed by atoms with Crippen LogP contribution in [0.3, 0.4) is 0 Å². The van der Waals surface area contributed by atoms with Crippen LogP contribution < -0.4 is 10.2 Å². The van der Waals surface area contributed by atoms with Crippen molar-refractivity contribution in [2.24, 2.45) is 0 Å². The summed E-state index contributed by atoms with van der Waals surface area (Å²) in [5.41, 5.74) is 2.36. The lowest BCUT2D eigenvalue weighted by molar-refractivity contribution is 0.107. The molecule has 4 rings (SSSR count). The van der Waals surface area contributed by atoms with Crippen LogP contribution in [0.15, 0.2) is 12.3 Å². The molecule has 1 aliphatic heterocycles. The van der Waals surface area contributed by atoms with E-state index in [1.807, 2.05) is 18.5 Å². The Bertz CT molecular complexity index is 988. The first-order valence-electron chi connectivity index (χ1n) is 12.0. The van der Waals surface area contributed by atoms with Crippen molar-refractivity contribution in [1.82, 2.24) is 25.0 Å². The van der Waals surface area contributed by atoms with Crippen LogP contribution in [0.1, 0.15) is 74.4 Å². The number of nitrogens with zero attached hydrogens (tertiary/aromatic N) is 5. The maximum absolute atomic E-state index is 13.5. The Hall–Kier alpha value is -2.75. The van der Waals surface area contributed by atoms with Gasteiger partial charge in [0.05, 0.1) is 18.7 Å². The van der Waals surface area contributed by atoms with E-state index in [1.165, 1.54) is 12.3 Å². The summed E-state index contributed by atoms with van der Waals surface area (Å²) >= 11 is 0. The Morgan fingerprint density at radius 3 is 2.56 bits per heavy atom. The standard InChI is InChI=1S/C22H30F2N6O2.C2H6/c1-13-11-26-19(10-16(13)20(23)24)28(3)21-17-12-29(22(32)25-2)9-8-18(17)30(27-21)14-4-6-15(31)7-5-14;1-2/h10-11,14-15,20,31H,4-9,12H2,1-3H3,(H,25,32);1-2H3. The van der Waals surface area contributed by atoms with Crippen LogP contribution >= 0.6 is 0 Å². The van der Waals surface area contributed by atoms with Gasteiger partial charge in [-0.25, -0.2) is 18.6 Å². The average molecular weight is 479 g/mol. The number of aliphatic hydroxyl groups is 1. The molecular formula is C24H36F2N6O2. The number of nitrogens with one attached hydrogen (secondary N) is 1. The molecule has 1 fully saturated rings. The molecule has 0 radical (unpaired) electrons. The number of urea groups is 1. The lowest BCUT2D eigenvalue weighted by atomic mass is 9.93. The van der Waals surface area contributed by atoms with E-state index >= 15 is 0 Å². The van der Waals surface area contributed by atoms with Gasteiger partial charge in [0.1, 0.15) is 5.82 Å². The molecule has 0 spiro atoms. The van der Waals surface area contributed by atoms with Crippen LogP contribution in [0.2, 0.25) is 0 Å². The average Bonchev–Trinajstić information content (AvgIpc) is 3.23. The maximum Gasteiger partial charge on any atom is 0.317 e. The quantitative estimate of drug-likeness (QED) is 0.676. The van der Waals surface area contributed by atoms with Crippen LogP contribution in [0, 0.1) is 6.92 Å². The Morgan fingerprint density at radius 2 is 1.94 bits per heavy atom. The molecule has 34 heavy (non-hydrogen) atoms. The summed E-state index contributed by atoms with van der Waals surface area (Å²) in [6.45, 7) is 6.58. The highest BCUT2D eigenvalue weighted by Gasteiger charge is 2.33. The number of anilines is 2. The lowest BCUT2D eigenvalue weighted by Crippen LogP contribution is -2.41. The molecular weight excluding hydrogens is 442 g/mol. The molecule has 2 aromatic rings. The summed E-state index contributed by atoms with van der Waals surface area (Å²) in [4.78, 5) is 20.1. The number of carbonyl (C=O) groups excluding carboxylic acids is 1. The van der Waals surface area contributed by atoms with Gasteiger partial charge in [-0.1, -0.05) is 13.8 Å². The fraction of sp³-hybridized carbons (Fsp3) is 0.625. The summed E-state index contributed by atoms with van der Waals surface area (Å²) in [7, 11) is 3.37. The number of rotatable bonds is 4. The molecule has 0 bridgehead atoms. The molecule has 3 heterocycles. The van der Waals surface area contributed by atoms with Gasteiger partial charge in [-0.3, -0.25) is 4.68 Å². The minimum atomic E-state index is -2.59. The molecule has 0 saturated heterocycles. The number of alkyl halides is 2. The van der Waals surface area contributed by atoms with E-state index in [2.05, 4.69) is 10.3 Å². The highest BCUT2D eigenvalue weighted by atomic mass is 19.3. The molecule has 8 nitrogen and oxygen atoms in total. The molecule has 188 valence electrons. The van der Waals surface area contributed by atoms with Crippen LogP contribution in [0.4, 0.5) is 25.2 Å². The molecule has 0 atom stereocenters. The van der Waals surface area contributed by atoms with E-state index in [9.17, 15) is 18.7 Å². The second-order valence-electron chi connectivity index (χ2n) is 8.64. The van der Waals surface area contributed by atoms with Crippen LogP contribution in [-0.4, -0.2) is 57.5 Å². The SMILES string of the molecule is CC.CNC(=O)N1CCc2c(c(N(C)c3cc(C(F)F)c(C)cn3)nn2C2CCC(O)CC2)C1. The van der Waals surface area contributed by atoms with Gasteiger partial charge in [0, 0.05) is 50.1 Å².